The molecule has 8 nitrogen and oxygen atoms in total. The third-order valence-electron chi connectivity index (χ3n) is 1.50. The zero-order valence-electron chi connectivity index (χ0n) is 8.77. The van der Waals surface area contributed by atoms with Gasteiger partial charge in [0, 0.05) is 0 Å². The summed E-state index contributed by atoms with van der Waals surface area (Å²) in [5, 5.41) is 17.5. The zero-order chi connectivity index (χ0) is 14.5. The SMILES string of the molecule is NC(N)=S.O=C(O)c1cc(S(=O)(=O)O)ccc1O. The Kier molecular flexibility index (Phi) is 5.49. The Morgan fingerprint density at radius 2 is 1.72 bits per heavy atom. The lowest BCUT2D eigenvalue weighted by molar-refractivity contribution is 0.0693. The number of carboxylic acids is 1. The molecule has 0 bridgehead atoms. The van der Waals surface area contributed by atoms with Crippen LogP contribution in [0, 0.1) is 0 Å². The highest BCUT2D eigenvalue weighted by atomic mass is 32.2. The summed E-state index contributed by atoms with van der Waals surface area (Å²) >= 11 is 4.09. The van der Waals surface area contributed by atoms with Gasteiger partial charge in [-0.3, -0.25) is 4.55 Å². The molecule has 0 aromatic heterocycles. The highest BCUT2D eigenvalue weighted by molar-refractivity contribution is 7.85. The summed E-state index contributed by atoms with van der Waals surface area (Å²) in [6.07, 6.45) is 0. The van der Waals surface area contributed by atoms with Crippen LogP contribution in [-0.4, -0.2) is 34.3 Å². The van der Waals surface area contributed by atoms with Crippen molar-refractivity contribution in [2.24, 2.45) is 11.5 Å². The van der Waals surface area contributed by atoms with E-state index in [1.54, 1.807) is 0 Å². The van der Waals surface area contributed by atoms with Gasteiger partial charge in [0.1, 0.15) is 11.3 Å². The third kappa shape index (κ3) is 5.43. The van der Waals surface area contributed by atoms with Crippen molar-refractivity contribution in [3.8, 4) is 5.75 Å². The first-order valence-electron chi connectivity index (χ1n) is 4.14. The van der Waals surface area contributed by atoms with Crippen LogP contribution in [0.2, 0.25) is 0 Å². The van der Waals surface area contributed by atoms with Gasteiger partial charge in [-0.05, 0) is 30.4 Å². The summed E-state index contributed by atoms with van der Waals surface area (Å²) in [5.41, 5.74) is 8.66. The van der Waals surface area contributed by atoms with E-state index in [4.69, 9.17) is 14.8 Å². The van der Waals surface area contributed by atoms with Crippen molar-refractivity contribution < 1.29 is 28.0 Å². The Balaban J connectivity index is 0.000000631. The molecule has 100 valence electrons. The molecule has 10 heteroatoms. The molecule has 0 aliphatic carbocycles. The van der Waals surface area contributed by atoms with Gasteiger partial charge in [0.2, 0.25) is 0 Å². The van der Waals surface area contributed by atoms with Gasteiger partial charge in [-0.2, -0.15) is 8.42 Å². The fourth-order valence-electron chi connectivity index (χ4n) is 0.847. The Labute approximate surface area is 108 Å². The first-order chi connectivity index (χ1) is 8.05. The molecule has 0 atom stereocenters. The lowest BCUT2D eigenvalue weighted by atomic mass is 10.2. The molecule has 18 heavy (non-hydrogen) atoms. The second kappa shape index (κ2) is 6.14. The van der Waals surface area contributed by atoms with Crippen molar-refractivity contribution in [1.82, 2.24) is 0 Å². The molecule has 0 heterocycles. The van der Waals surface area contributed by atoms with Gasteiger partial charge in [0.05, 0.1) is 4.90 Å². The van der Waals surface area contributed by atoms with Gasteiger partial charge in [-0.1, -0.05) is 0 Å². The van der Waals surface area contributed by atoms with Gasteiger partial charge in [0.25, 0.3) is 10.1 Å². The minimum absolute atomic E-state index is 0.000000000000000222. The maximum Gasteiger partial charge on any atom is 0.339 e. The van der Waals surface area contributed by atoms with Crippen LogP contribution in [-0.2, 0) is 10.1 Å². The molecule has 1 aromatic carbocycles. The molecule has 0 spiro atoms. The standard InChI is InChI=1S/C7H6O6S.CH4N2S/c8-6-2-1-4(14(11,12)13)3-5(6)7(9)10;2-1(3)4/h1-3,8H,(H,9,10)(H,11,12,13);(H4,2,3,4). The highest BCUT2D eigenvalue weighted by Crippen LogP contribution is 2.20. The van der Waals surface area contributed by atoms with E-state index in [1.807, 2.05) is 0 Å². The van der Waals surface area contributed by atoms with E-state index in [9.17, 15) is 13.2 Å². The molecule has 0 amide bonds. The molecule has 1 aromatic rings. The summed E-state index contributed by atoms with van der Waals surface area (Å²) in [6, 6.07) is 2.46. The summed E-state index contributed by atoms with van der Waals surface area (Å²) < 4.78 is 29.8. The number of rotatable bonds is 2. The first kappa shape index (κ1) is 16.1. The van der Waals surface area contributed by atoms with Crippen LogP contribution in [0.5, 0.6) is 5.75 Å². The molecule has 7 N–H and O–H groups in total. The fraction of sp³-hybridized carbons (Fsp3) is 0. The molecular weight excluding hydrogens is 284 g/mol. The minimum atomic E-state index is -4.45. The largest absolute Gasteiger partial charge is 0.507 e. The number of carbonyl (C=O) groups is 1. The van der Waals surface area contributed by atoms with E-state index in [0.29, 0.717) is 6.07 Å². The summed E-state index contributed by atoms with van der Waals surface area (Å²) in [5.74, 6) is -2.04. The van der Waals surface area contributed by atoms with Crippen LogP contribution in [0.15, 0.2) is 23.1 Å². The number of carboxylic acid groups (broad SMARTS) is 1. The number of hydrogen-bond donors (Lipinski definition) is 5. The maximum absolute atomic E-state index is 10.6. The number of aromatic carboxylic acids is 1. The number of thiocarbonyl (C=S) groups is 1. The van der Waals surface area contributed by atoms with Gasteiger partial charge in [-0.25, -0.2) is 4.79 Å². The molecule has 0 saturated heterocycles. The summed E-state index contributed by atoms with van der Waals surface area (Å²) in [4.78, 5) is 9.89. The van der Waals surface area contributed by atoms with Crippen LogP contribution in [0.4, 0.5) is 0 Å². The average molecular weight is 294 g/mol. The van der Waals surface area contributed by atoms with Gasteiger partial charge in [-0.15, -0.1) is 0 Å². The second-order valence-electron chi connectivity index (χ2n) is 2.86. The van der Waals surface area contributed by atoms with E-state index in [1.165, 1.54) is 0 Å². The molecule has 1 rings (SSSR count). The molecule has 0 saturated carbocycles. The number of benzene rings is 1. The number of phenols is 1. The monoisotopic (exact) mass is 294 g/mol. The molecule has 0 unspecified atom stereocenters. The van der Waals surface area contributed by atoms with Gasteiger partial charge < -0.3 is 21.7 Å². The third-order valence-corrected chi connectivity index (χ3v) is 2.35. The van der Waals surface area contributed by atoms with Crippen LogP contribution in [0.1, 0.15) is 10.4 Å². The van der Waals surface area contributed by atoms with Crippen molar-refractivity contribution in [3.05, 3.63) is 23.8 Å². The fourth-order valence-corrected chi connectivity index (χ4v) is 1.35. The molecule has 0 aliphatic heterocycles. The van der Waals surface area contributed by atoms with E-state index in [2.05, 4.69) is 23.7 Å². The van der Waals surface area contributed by atoms with Crippen molar-refractivity contribution in [3.63, 3.8) is 0 Å². The van der Waals surface area contributed by atoms with Crippen molar-refractivity contribution >= 4 is 33.4 Å². The van der Waals surface area contributed by atoms with Crippen molar-refractivity contribution in [2.75, 3.05) is 0 Å². The van der Waals surface area contributed by atoms with E-state index in [0.717, 1.165) is 12.1 Å². The highest BCUT2D eigenvalue weighted by Gasteiger charge is 2.16. The number of nitrogens with two attached hydrogens (primary N) is 2. The number of aromatic hydroxyl groups is 1. The van der Waals surface area contributed by atoms with Gasteiger partial charge in [0.15, 0.2) is 5.11 Å². The van der Waals surface area contributed by atoms with Crippen molar-refractivity contribution in [1.29, 1.82) is 0 Å². The van der Waals surface area contributed by atoms with Crippen molar-refractivity contribution in [2.45, 2.75) is 4.90 Å². The summed E-state index contributed by atoms with van der Waals surface area (Å²) in [6.45, 7) is 0. The topological polar surface area (TPSA) is 164 Å². The predicted molar refractivity (Wildman–Crippen MR) is 65.9 cm³/mol. The van der Waals surface area contributed by atoms with Crippen LogP contribution in [0.25, 0.3) is 0 Å². The number of hydrogen-bond acceptors (Lipinski definition) is 5. The zero-order valence-corrected chi connectivity index (χ0v) is 10.4. The van der Waals surface area contributed by atoms with E-state index < -0.39 is 32.3 Å². The van der Waals surface area contributed by atoms with Crippen LogP contribution in [0.3, 0.4) is 0 Å². The molecular formula is C8H10N2O6S2. The Bertz CT molecular complexity index is 565. The molecule has 0 fully saturated rings. The first-order valence-corrected chi connectivity index (χ1v) is 5.99. The predicted octanol–water partition coefficient (Wildman–Crippen LogP) is -0.474. The minimum Gasteiger partial charge on any atom is -0.507 e. The Morgan fingerprint density at radius 1 is 1.28 bits per heavy atom. The van der Waals surface area contributed by atoms with E-state index >= 15 is 0 Å². The van der Waals surface area contributed by atoms with Gasteiger partial charge >= 0.3 is 5.97 Å². The lowest BCUT2D eigenvalue weighted by Gasteiger charge is -2.01. The van der Waals surface area contributed by atoms with Crippen LogP contribution >= 0.6 is 12.2 Å². The Hall–Kier alpha value is -1.91. The Morgan fingerprint density at radius 3 is 2.06 bits per heavy atom. The quantitative estimate of drug-likeness (QED) is 0.358. The van der Waals surface area contributed by atoms with E-state index in [-0.39, 0.29) is 5.11 Å². The summed E-state index contributed by atoms with van der Waals surface area (Å²) in [7, 11) is -4.45. The maximum atomic E-state index is 10.6. The van der Waals surface area contributed by atoms with Crippen LogP contribution < -0.4 is 11.5 Å². The normalized spacial score (nSPS) is 10.1. The average Bonchev–Trinajstić information content (AvgIpc) is 2.14. The lowest BCUT2D eigenvalue weighted by Crippen LogP contribution is -2.18. The smallest absolute Gasteiger partial charge is 0.339 e. The molecule has 0 radical (unpaired) electrons. The second-order valence-corrected chi connectivity index (χ2v) is 4.75. The molecule has 0 aliphatic rings.